The quantitative estimate of drug-likeness (QED) is 0.580. The summed E-state index contributed by atoms with van der Waals surface area (Å²) in [5.41, 5.74) is 0.484. The van der Waals surface area contributed by atoms with Gasteiger partial charge >= 0.3 is 6.01 Å². The second-order valence-corrected chi connectivity index (χ2v) is 10.9. The van der Waals surface area contributed by atoms with E-state index in [0.29, 0.717) is 33.6 Å². The van der Waals surface area contributed by atoms with Gasteiger partial charge in [-0.1, -0.05) is 46.5 Å². The first kappa shape index (κ1) is 21.3. The molecule has 1 fully saturated rings. The van der Waals surface area contributed by atoms with E-state index >= 15 is 0 Å². The standard InChI is InChI=1S/C18H16Cl2N4O4S2/c19-14-9-13(15(20)29-14)17-22-23-18(28-17)21-16(25)11-5-4-8-24(10-11)30(26,27)12-6-2-1-3-7-12/h1-3,6-7,9,11H,4-5,8,10H2,(H,21,23,25). The number of aromatic nitrogens is 2. The van der Waals surface area contributed by atoms with Crippen LogP contribution in [-0.4, -0.2) is 41.9 Å². The predicted molar refractivity (Wildman–Crippen MR) is 114 cm³/mol. The van der Waals surface area contributed by atoms with Gasteiger partial charge in [0.05, 0.1) is 20.7 Å². The van der Waals surface area contributed by atoms with Gasteiger partial charge in [0, 0.05) is 13.1 Å². The van der Waals surface area contributed by atoms with Gasteiger partial charge in [-0.25, -0.2) is 8.42 Å². The number of anilines is 1. The maximum atomic E-state index is 12.8. The van der Waals surface area contributed by atoms with Crippen LogP contribution in [0.1, 0.15) is 12.8 Å². The van der Waals surface area contributed by atoms with Crippen molar-refractivity contribution in [2.45, 2.75) is 17.7 Å². The van der Waals surface area contributed by atoms with Crippen molar-refractivity contribution < 1.29 is 17.6 Å². The first-order chi connectivity index (χ1) is 14.3. The average molecular weight is 487 g/mol. The number of carbonyl (C=O) groups is 1. The molecule has 8 nitrogen and oxygen atoms in total. The van der Waals surface area contributed by atoms with Crippen molar-refractivity contribution in [2.24, 2.45) is 5.92 Å². The Morgan fingerprint density at radius 1 is 1.23 bits per heavy atom. The fourth-order valence-electron chi connectivity index (χ4n) is 3.19. The molecule has 0 bridgehead atoms. The molecule has 30 heavy (non-hydrogen) atoms. The van der Waals surface area contributed by atoms with Gasteiger partial charge in [0.15, 0.2) is 0 Å². The van der Waals surface area contributed by atoms with Gasteiger partial charge < -0.3 is 4.42 Å². The van der Waals surface area contributed by atoms with Crippen LogP contribution >= 0.6 is 34.5 Å². The number of nitrogens with one attached hydrogen (secondary N) is 1. The van der Waals surface area contributed by atoms with Crippen LogP contribution in [0.15, 0.2) is 45.7 Å². The van der Waals surface area contributed by atoms with Crippen LogP contribution in [0.5, 0.6) is 0 Å². The summed E-state index contributed by atoms with van der Waals surface area (Å²) < 4.78 is 33.4. The van der Waals surface area contributed by atoms with E-state index in [9.17, 15) is 13.2 Å². The minimum absolute atomic E-state index is 0.0794. The molecular formula is C18H16Cl2N4O4S2. The Balaban J connectivity index is 1.45. The average Bonchev–Trinajstić information content (AvgIpc) is 3.34. The molecule has 0 aliphatic carbocycles. The lowest BCUT2D eigenvalue weighted by molar-refractivity contribution is -0.121. The van der Waals surface area contributed by atoms with Crippen LogP contribution in [0.25, 0.3) is 11.5 Å². The molecule has 1 aliphatic heterocycles. The minimum Gasteiger partial charge on any atom is -0.403 e. The zero-order valence-electron chi connectivity index (χ0n) is 15.4. The Hall–Kier alpha value is -1.98. The van der Waals surface area contributed by atoms with E-state index in [2.05, 4.69) is 15.5 Å². The molecule has 12 heteroatoms. The van der Waals surface area contributed by atoms with Gasteiger partial charge in [-0.2, -0.15) is 4.31 Å². The Morgan fingerprint density at radius 3 is 2.70 bits per heavy atom. The van der Waals surface area contributed by atoms with Crippen molar-refractivity contribution in [3.8, 4) is 11.5 Å². The highest BCUT2D eigenvalue weighted by molar-refractivity contribution is 7.89. The lowest BCUT2D eigenvalue weighted by atomic mass is 9.99. The molecule has 3 heterocycles. The van der Waals surface area contributed by atoms with Crippen LogP contribution in [0.2, 0.25) is 8.67 Å². The molecule has 3 aromatic rings. The number of thiophene rings is 1. The molecular weight excluding hydrogens is 471 g/mol. The van der Waals surface area contributed by atoms with Gasteiger partial charge in [0.1, 0.15) is 4.34 Å². The maximum Gasteiger partial charge on any atom is 0.322 e. The Bertz CT molecular complexity index is 1160. The third-order valence-corrected chi connectivity index (χ3v) is 8.05. The molecule has 158 valence electrons. The van der Waals surface area contributed by atoms with E-state index in [0.717, 1.165) is 11.3 Å². The molecule has 0 saturated carbocycles. The summed E-state index contributed by atoms with van der Waals surface area (Å²) in [5.74, 6) is -0.783. The highest BCUT2D eigenvalue weighted by Gasteiger charge is 2.33. The van der Waals surface area contributed by atoms with E-state index in [-0.39, 0.29) is 29.3 Å². The largest absolute Gasteiger partial charge is 0.403 e. The van der Waals surface area contributed by atoms with E-state index in [1.807, 2.05) is 0 Å². The monoisotopic (exact) mass is 486 g/mol. The third-order valence-electron chi connectivity index (χ3n) is 4.68. The van der Waals surface area contributed by atoms with Crippen LogP contribution in [0, 0.1) is 5.92 Å². The number of halogens is 2. The third kappa shape index (κ3) is 4.37. The lowest BCUT2D eigenvalue weighted by Gasteiger charge is -2.30. The Kier molecular flexibility index (Phi) is 6.12. The summed E-state index contributed by atoms with van der Waals surface area (Å²) in [7, 11) is -3.66. The number of piperidine rings is 1. The second-order valence-electron chi connectivity index (χ2n) is 6.65. The van der Waals surface area contributed by atoms with E-state index in [4.69, 9.17) is 27.6 Å². The summed E-state index contributed by atoms with van der Waals surface area (Å²) in [6.07, 6.45) is 1.13. The molecule has 2 aromatic heterocycles. The fourth-order valence-corrected chi connectivity index (χ4v) is 6.19. The number of carbonyl (C=O) groups excluding carboxylic acids is 1. The van der Waals surface area contributed by atoms with Gasteiger partial charge in [0.25, 0.3) is 5.89 Å². The highest BCUT2D eigenvalue weighted by Crippen LogP contribution is 2.37. The summed E-state index contributed by atoms with van der Waals surface area (Å²) in [5, 5.41) is 10.3. The maximum absolute atomic E-state index is 12.8. The van der Waals surface area contributed by atoms with Crippen molar-refractivity contribution in [2.75, 3.05) is 18.4 Å². The molecule has 1 N–H and O–H groups in total. The number of amides is 1. The molecule has 1 saturated heterocycles. The summed E-state index contributed by atoms with van der Waals surface area (Å²) in [4.78, 5) is 12.9. The highest BCUT2D eigenvalue weighted by atomic mass is 35.5. The van der Waals surface area contributed by atoms with Gasteiger partial charge in [-0.15, -0.1) is 16.4 Å². The number of benzene rings is 1. The van der Waals surface area contributed by atoms with E-state index < -0.39 is 15.9 Å². The smallest absolute Gasteiger partial charge is 0.322 e. The minimum atomic E-state index is -3.66. The topological polar surface area (TPSA) is 105 Å². The lowest BCUT2D eigenvalue weighted by Crippen LogP contribution is -2.43. The fraction of sp³-hybridized carbons (Fsp3) is 0.278. The van der Waals surface area contributed by atoms with Crippen LogP contribution in [0.3, 0.4) is 0 Å². The zero-order valence-corrected chi connectivity index (χ0v) is 18.6. The number of hydrogen-bond donors (Lipinski definition) is 1. The van der Waals surface area contributed by atoms with E-state index in [1.165, 1.54) is 4.31 Å². The molecule has 1 unspecified atom stereocenters. The Morgan fingerprint density at radius 2 is 2.00 bits per heavy atom. The van der Waals surface area contributed by atoms with Crippen molar-refractivity contribution in [3.63, 3.8) is 0 Å². The number of rotatable bonds is 5. The summed E-state index contributed by atoms with van der Waals surface area (Å²) in [6, 6.07) is 9.68. The molecule has 0 radical (unpaired) electrons. The molecule has 4 rings (SSSR count). The van der Waals surface area contributed by atoms with Gasteiger partial charge in [-0.3, -0.25) is 10.1 Å². The first-order valence-corrected chi connectivity index (χ1v) is 12.0. The number of nitrogens with zero attached hydrogens (tertiary/aromatic N) is 3. The summed E-state index contributed by atoms with van der Waals surface area (Å²) in [6.45, 7) is 0.444. The normalized spacial score (nSPS) is 17.7. The molecule has 1 amide bonds. The molecule has 1 aromatic carbocycles. The molecule has 1 atom stereocenters. The molecule has 0 spiro atoms. The van der Waals surface area contributed by atoms with Crippen LogP contribution in [-0.2, 0) is 14.8 Å². The van der Waals surface area contributed by atoms with Crippen molar-refractivity contribution in [3.05, 3.63) is 45.1 Å². The van der Waals surface area contributed by atoms with Gasteiger partial charge in [-0.05, 0) is 31.0 Å². The van der Waals surface area contributed by atoms with Crippen molar-refractivity contribution >= 4 is 56.5 Å². The van der Waals surface area contributed by atoms with Crippen LogP contribution in [0.4, 0.5) is 6.01 Å². The van der Waals surface area contributed by atoms with Crippen molar-refractivity contribution in [1.82, 2.24) is 14.5 Å². The first-order valence-electron chi connectivity index (χ1n) is 8.99. The van der Waals surface area contributed by atoms with Crippen molar-refractivity contribution in [1.29, 1.82) is 0 Å². The molecule has 1 aliphatic rings. The second kappa shape index (κ2) is 8.64. The van der Waals surface area contributed by atoms with Gasteiger partial charge in [0.2, 0.25) is 15.9 Å². The predicted octanol–water partition coefficient (Wildman–Crippen LogP) is 4.14. The SMILES string of the molecule is O=C(Nc1nnc(-c2cc(Cl)sc2Cl)o1)C1CCCN(S(=O)(=O)c2ccccc2)C1. The number of hydrogen-bond acceptors (Lipinski definition) is 7. The summed E-state index contributed by atoms with van der Waals surface area (Å²) >= 11 is 13.2. The zero-order chi connectivity index (χ0) is 21.3. The van der Waals surface area contributed by atoms with E-state index in [1.54, 1.807) is 36.4 Å². The van der Waals surface area contributed by atoms with Crippen LogP contribution < -0.4 is 5.32 Å². The Labute approximate surface area is 186 Å². The number of sulfonamides is 1.